The van der Waals surface area contributed by atoms with E-state index in [1.807, 2.05) is 24.3 Å². The fraction of sp³-hybridized carbons (Fsp3) is 0.304. The molecule has 5 nitrogen and oxygen atoms in total. The number of aromatic nitrogens is 1. The molecule has 3 aromatic rings. The van der Waals surface area contributed by atoms with Gasteiger partial charge in [-0.15, -0.1) is 0 Å². The van der Waals surface area contributed by atoms with E-state index in [2.05, 4.69) is 40.6 Å². The second kappa shape index (κ2) is 8.83. The second-order valence-corrected chi connectivity index (χ2v) is 6.98. The topological polar surface area (TPSA) is 67.2 Å². The molecule has 0 amide bonds. The highest BCUT2D eigenvalue weighted by molar-refractivity contribution is 5.91. The Hall–Kier alpha value is -2.94. The lowest BCUT2D eigenvalue weighted by atomic mass is 10.1. The number of fused-ring (bicyclic) bond motifs is 1. The molecule has 2 aromatic carbocycles. The number of pyridine rings is 1. The number of hydrogen-bond donors (Lipinski definition) is 1. The molecule has 1 aliphatic rings. The van der Waals surface area contributed by atoms with Crippen LogP contribution in [0, 0.1) is 11.3 Å². The van der Waals surface area contributed by atoms with Crippen LogP contribution in [0.4, 0.5) is 5.69 Å². The number of nitrogens with zero attached hydrogens (tertiary/aromatic N) is 2. The van der Waals surface area contributed by atoms with Crippen molar-refractivity contribution in [1.29, 1.82) is 5.26 Å². The quantitative estimate of drug-likeness (QED) is 0.693. The molecule has 1 fully saturated rings. The zero-order chi connectivity index (χ0) is 19.2. The Morgan fingerprint density at radius 2 is 1.89 bits per heavy atom. The molecule has 0 spiro atoms. The van der Waals surface area contributed by atoms with Crippen molar-refractivity contribution in [2.45, 2.75) is 32.1 Å². The van der Waals surface area contributed by atoms with Crippen molar-refractivity contribution in [3.63, 3.8) is 0 Å². The van der Waals surface area contributed by atoms with Crippen LogP contribution in [0.2, 0.25) is 0 Å². The molecule has 0 atom stereocenters. The maximum atomic E-state index is 9.25. The van der Waals surface area contributed by atoms with Crippen LogP contribution in [0.1, 0.15) is 29.7 Å². The predicted octanol–water partition coefficient (Wildman–Crippen LogP) is 4.41. The summed E-state index contributed by atoms with van der Waals surface area (Å²) in [5.74, 6) is 0. The molecule has 0 bridgehead atoms. The van der Waals surface area contributed by atoms with Crippen LogP contribution >= 0.6 is 0 Å². The number of rotatable bonds is 6. The smallest absolute Gasteiger partial charge is 0.143 e. The van der Waals surface area contributed by atoms with E-state index in [9.17, 15) is 5.26 Å². The maximum absolute atomic E-state index is 9.25. The van der Waals surface area contributed by atoms with Crippen LogP contribution in [0.25, 0.3) is 10.9 Å². The fourth-order valence-corrected chi connectivity index (χ4v) is 3.46. The number of nitriles is 1. The average Bonchev–Trinajstić information content (AvgIpc) is 2.77. The Morgan fingerprint density at radius 1 is 1.07 bits per heavy atom. The summed E-state index contributed by atoms with van der Waals surface area (Å²) in [7, 11) is 0. The van der Waals surface area contributed by atoms with Crippen molar-refractivity contribution in [2.24, 2.45) is 0 Å². The van der Waals surface area contributed by atoms with Gasteiger partial charge in [0.05, 0.1) is 18.2 Å². The molecule has 1 saturated heterocycles. The first kappa shape index (κ1) is 18.4. The van der Waals surface area contributed by atoms with Crippen molar-refractivity contribution in [1.82, 2.24) is 4.98 Å². The summed E-state index contributed by atoms with van der Waals surface area (Å²) in [6, 6.07) is 20.2. The first-order chi connectivity index (χ1) is 13.8. The van der Waals surface area contributed by atoms with E-state index in [0.29, 0.717) is 24.9 Å². The maximum Gasteiger partial charge on any atom is 0.143 e. The standard InChI is InChI=1S/C23H23N3O2/c24-14-19-13-23(21-6-1-2-7-22(21)26-19)25-15-17-4-3-5-18(12-17)16-28-20-8-10-27-11-9-20/h1-7,12-13,20H,8-11,15-16H2,(H,25,26). The minimum Gasteiger partial charge on any atom is -0.381 e. The lowest BCUT2D eigenvalue weighted by Gasteiger charge is -2.22. The third-order valence-electron chi connectivity index (χ3n) is 4.96. The Morgan fingerprint density at radius 3 is 2.75 bits per heavy atom. The third kappa shape index (κ3) is 4.48. The highest BCUT2D eigenvalue weighted by Gasteiger charge is 2.14. The highest BCUT2D eigenvalue weighted by Crippen LogP contribution is 2.24. The Kier molecular flexibility index (Phi) is 5.81. The molecular weight excluding hydrogens is 350 g/mol. The van der Waals surface area contributed by atoms with Gasteiger partial charge in [0.25, 0.3) is 0 Å². The van der Waals surface area contributed by atoms with Gasteiger partial charge in [0.15, 0.2) is 0 Å². The molecule has 5 heteroatoms. The van der Waals surface area contributed by atoms with E-state index in [4.69, 9.17) is 9.47 Å². The van der Waals surface area contributed by atoms with Crippen molar-refractivity contribution in [2.75, 3.05) is 18.5 Å². The molecule has 4 rings (SSSR count). The van der Waals surface area contributed by atoms with E-state index in [-0.39, 0.29) is 0 Å². The van der Waals surface area contributed by atoms with Crippen LogP contribution in [-0.2, 0) is 22.6 Å². The van der Waals surface area contributed by atoms with E-state index in [1.54, 1.807) is 6.07 Å². The second-order valence-electron chi connectivity index (χ2n) is 6.98. The molecule has 1 N–H and O–H groups in total. The van der Waals surface area contributed by atoms with Gasteiger partial charge < -0.3 is 14.8 Å². The van der Waals surface area contributed by atoms with Gasteiger partial charge >= 0.3 is 0 Å². The van der Waals surface area contributed by atoms with Crippen molar-refractivity contribution in [3.8, 4) is 6.07 Å². The number of hydrogen-bond acceptors (Lipinski definition) is 5. The van der Waals surface area contributed by atoms with Crippen molar-refractivity contribution >= 4 is 16.6 Å². The molecule has 0 unspecified atom stereocenters. The molecule has 142 valence electrons. The fourth-order valence-electron chi connectivity index (χ4n) is 3.46. The minimum absolute atomic E-state index is 0.295. The SMILES string of the molecule is N#Cc1cc(NCc2cccc(COC3CCOCC3)c2)c2ccccc2n1. The van der Waals surface area contributed by atoms with E-state index >= 15 is 0 Å². The average molecular weight is 373 g/mol. The van der Waals surface area contributed by atoms with Crippen LogP contribution in [0.3, 0.4) is 0 Å². The van der Waals surface area contributed by atoms with Gasteiger partial charge in [-0.2, -0.15) is 5.26 Å². The molecule has 28 heavy (non-hydrogen) atoms. The molecule has 0 aliphatic carbocycles. The summed E-state index contributed by atoms with van der Waals surface area (Å²) < 4.78 is 11.4. The van der Waals surface area contributed by atoms with Gasteiger partial charge in [-0.05, 0) is 36.1 Å². The van der Waals surface area contributed by atoms with Gasteiger partial charge in [-0.25, -0.2) is 4.98 Å². The van der Waals surface area contributed by atoms with E-state index in [1.165, 1.54) is 11.1 Å². The summed E-state index contributed by atoms with van der Waals surface area (Å²) >= 11 is 0. The lowest BCUT2D eigenvalue weighted by molar-refractivity contribution is -0.0390. The summed E-state index contributed by atoms with van der Waals surface area (Å²) in [5, 5.41) is 13.7. The van der Waals surface area contributed by atoms with Gasteiger partial charge in [-0.3, -0.25) is 0 Å². The Labute approximate surface area is 164 Å². The van der Waals surface area contributed by atoms with E-state index < -0.39 is 0 Å². The van der Waals surface area contributed by atoms with E-state index in [0.717, 1.165) is 42.6 Å². The molecule has 0 saturated carbocycles. The lowest BCUT2D eigenvalue weighted by Crippen LogP contribution is -2.23. The van der Waals surface area contributed by atoms with Crippen LogP contribution in [0.5, 0.6) is 0 Å². The van der Waals surface area contributed by atoms with Crippen molar-refractivity contribution in [3.05, 3.63) is 71.4 Å². The molecular formula is C23H23N3O2. The van der Waals surface area contributed by atoms with Gasteiger partial charge in [-0.1, -0.05) is 42.5 Å². The van der Waals surface area contributed by atoms with Gasteiger partial charge in [0.2, 0.25) is 0 Å². The monoisotopic (exact) mass is 373 g/mol. The summed E-state index contributed by atoms with van der Waals surface area (Å²) in [6.45, 7) is 2.87. The number of ether oxygens (including phenoxy) is 2. The van der Waals surface area contributed by atoms with Crippen LogP contribution in [-0.4, -0.2) is 24.3 Å². The number of nitrogens with one attached hydrogen (secondary N) is 1. The summed E-state index contributed by atoms with van der Waals surface area (Å²) in [4.78, 5) is 4.37. The third-order valence-corrected chi connectivity index (χ3v) is 4.96. The Balaban J connectivity index is 1.44. The van der Waals surface area contributed by atoms with Gasteiger partial charge in [0, 0.05) is 30.8 Å². The zero-order valence-electron chi connectivity index (χ0n) is 15.7. The van der Waals surface area contributed by atoms with Crippen LogP contribution in [0.15, 0.2) is 54.6 Å². The predicted molar refractivity (Wildman–Crippen MR) is 109 cm³/mol. The number of anilines is 1. The number of benzene rings is 2. The van der Waals surface area contributed by atoms with Crippen LogP contribution < -0.4 is 5.32 Å². The van der Waals surface area contributed by atoms with Crippen molar-refractivity contribution < 1.29 is 9.47 Å². The Bertz CT molecular complexity index is 991. The summed E-state index contributed by atoms with van der Waals surface area (Å²) in [6.07, 6.45) is 2.23. The highest BCUT2D eigenvalue weighted by atomic mass is 16.5. The zero-order valence-corrected chi connectivity index (χ0v) is 15.7. The largest absolute Gasteiger partial charge is 0.381 e. The number of para-hydroxylation sites is 1. The molecule has 0 radical (unpaired) electrons. The molecule has 2 heterocycles. The first-order valence-electron chi connectivity index (χ1n) is 9.63. The van der Waals surface area contributed by atoms with Gasteiger partial charge in [0.1, 0.15) is 11.8 Å². The minimum atomic E-state index is 0.295. The molecule has 1 aromatic heterocycles. The summed E-state index contributed by atoms with van der Waals surface area (Å²) in [5.41, 5.74) is 4.50. The normalized spacial score (nSPS) is 14.7. The molecule has 1 aliphatic heterocycles. The first-order valence-corrected chi connectivity index (χ1v) is 9.63.